The van der Waals surface area contributed by atoms with Crippen LogP contribution in [-0.2, 0) is 16.0 Å². The molecule has 0 radical (unpaired) electrons. The molecule has 0 aromatic heterocycles. The number of hydrogen-bond donors (Lipinski definition) is 1. The highest BCUT2D eigenvalue weighted by atomic mass is 19.1. The number of ether oxygens (including phenoxy) is 1. The third-order valence-electron chi connectivity index (χ3n) is 3.54. The van der Waals surface area contributed by atoms with Gasteiger partial charge in [-0.05, 0) is 31.9 Å². The van der Waals surface area contributed by atoms with Crippen molar-refractivity contribution in [3.63, 3.8) is 0 Å². The minimum Gasteiger partial charge on any atom is -0.373 e. The molecule has 2 atom stereocenters. The van der Waals surface area contributed by atoms with Gasteiger partial charge in [-0.25, -0.2) is 4.39 Å². The van der Waals surface area contributed by atoms with Gasteiger partial charge in [-0.15, -0.1) is 0 Å². The van der Waals surface area contributed by atoms with Gasteiger partial charge in [0.05, 0.1) is 18.8 Å². The third-order valence-corrected chi connectivity index (χ3v) is 3.54. The first-order valence-corrected chi connectivity index (χ1v) is 7.42. The summed E-state index contributed by atoms with van der Waals surface area (Å²) in [5, 5.41) is 2.85. The van der Waals surface area contributed by atoms with Gasteiger partial charge in [-0.3, -0.25) is 9.69 Å². The van der Waals surface area contributed by atoms with Crippen LogP contribution in [0.1, 0.15) is 19.4 Å². The van der Waals surface area contributed by atoms with Gasteiger partial charge in [0.2, 0.25) is 5.91 Å². The van der Waals surface area contributed by atoms with Crippen LogP contribution in [0.3, 0.4) is 0 Å². The van der Waals surface area contributed by atoms with Gasteiger partial charge in [0.1, 0.15) is 5.82 Å². The zero-order chi connectivity index (χ0) is 15.2. The van der Waals surface area contributed by atoms with Crippen LogP contribution in [0, 0.1) is 5.82 Å². The summed E-state index contributed by atoms with van der Waals surface area (Å²) >= 11 is 0. The van der Waals surface area contributed by atoms with E-state index in [0.717, 1.165) is 13.1 Å². The summed E-state index contributed by atoms with van der Waals surface area (Å²) in [4.78, 5) is 14.0. The lowest BCUT2D eigenvalue weighted by molar-refractivity contribution is -0.125. The molecule has 116 valence electrons. The summed E-state index contributed by atoms with van der Waals surface area (Å²) in [5.41, 5.74) is 0.631. The van der Waals surface area contributed by atoms with Gasteiger partial charge in [-0.2, -0.15) is 0 Å². The Morgan fingerprint density at radius 3 is 2.67 bits per heavy atom. The van der Waals surface area contributed by atoms with Crippen molar-refractivity contribution in [2.24, 2.45) is 0 Å². The van der Waals surface area contributed by atoms with Gasteiger partial charge in [-0.1, -0.05) is 18.2 Å². The fraction of sp³-hybridized carbons (Fsp3) is 0.562. The highest BCUT2D eigenvalue weighted by Crippen LogP contribution is 2.10. The zero-order valence-electron chi connectivity index (χ0n) is 12.6. The molecule has 1 aliphatic heterocycles. The normalized spacial score (nSPS) is 23.0. The van der Waals surface area contributed by atoms with Crippen molar-refractivity contribution in [3.8, 4) is 0 Å². The largest absolute Gasteiger partial charge is 0.373 e. The zero-order valence-corrected chi connectivity index (χ0v) is 12.6. The Balaban J connectivity index is 1.71. The van der Waals surface area contributed by atoms with E-state index >= 15 is 0 Å². The second kappa shape index (κ2) is 7.52. The first-order valence-electron chi connectivity index (χ1n) is 7.42. The summed E-state index contributed by atoms with van der Waals surface area (Å²) in [6, 6.07) is 6.65. The van der Waals surface area contributed by atoms with Gasteiger partial charge >= 0.3 is 0 Å². The van der Waals surface area contributed by atoms with E-state index in [9.17, 15) is 9.18 Å². The van der Waals surface area contributed by atoms with Crippen molar-refractivity contribution in [2.45, 2.75) is 32.5 Å². The molecule has 21 heavy (non-hydrogen) atoms. The summed E-state index contributed by atoms with van der Waals surface area (Å²) in [7, 11) is 0. The Morgan fingerprint density at radius 1 is 1.33 bits per heavy atom. The monoisotopic (exact) mass is 294 g/mol. The molecule has 4 nitrogen and oxygen atoms in total. The number of carbonyl (C=O) groups excluding carboxylic acids is 1. The molecule has 1 fully saturated rings. The summed E-state index contributed by atoms with van der Waals surface area (Å²) in [5.74, 6) is -0.241. The maximum atomic E-state index is 13.4. The van der Waals surface area contributed by atoms with Crippen LogP contribution in [0.2, 0.25) is 0 Å². The van der Waals surface area contributed by atoms with Crippen molar-refractivity contribution in [2.75, 3.05) is 26.2 Å². The Kier molecular flexibility index (Phi) is 5.70. The smallest absolute Gasteiger partial charge is 0.234 e. The first-order chi connectivity index (χ1) is 10.0. The molecular formula is C16H23FN2O2. The first kappa shape index (κ1) is 15.9. The second-order valence-electron chi connectivity index (χ2n) is 5.64. The third kappa shape index (κ3) is 5.10. The molecule has 0 spiro atoms. The lowest BCUT2D eigenvalue weighted by atomic mass is 10.1. The van der Waals surface area contributed by atoms with E-state index in [1.165, 1.54) is 6.07 Å². The molecule has 0 aliphatic carbocycles. The number of benzene rings is 1. The van der Waals surface area contributed by atoms with E-state index in [2.05, 4.69) is 10.2 Å². The second-order valence-corrected chi connectivity index (χ2v) is 5.64. The van der Waals surface area contributed by atoms with Crippen LogP contribution in [-0.4, -0.2) is 49.2 Å². The standard InChI is InChI=1S/C16H23FN2O2/c1-12-9-19(10-13(2)21-12)11-16(20)18-8-7-14-5-3-4-6-15(14)17/h3-6,12-13H,7-11H2,1-2H3,(H,18,20)/t12-,13-/m0/s1. The predicted octanol–water partition coefficient (Wildman–Crippen LogP) is 1.59. The van der Waals surface area contributed by atoms with Crippen molar-refractivity contribution < 1.29 is 13.9 Å². The molecule has 5 heteroatoms. The Hall–Kier alpha value is -1.46. The molecule has 1 heterocycles. The number of amides is 1. The topological polar surface area (TPSA) is 41.6 Å². The minimum absolute atomic E-state index is 0.0207. The molecule has 0 bridgehead atoms. The molecule has 1 saturated heterocycles. The lowest BCUT2D eigenvalue weighted by Gasteiger charge is -2.34. The molecule has 2 rings (SSSR count). The molecule has 1 amide bonds. The van der Waals surface area contributed by atoms with Crippen molar-refractivity contribution in [1.82, 2.24) is 10.2 Å². The van der Waals surface area contributed by atoms with E-state index < -0.39 is 0 Å². The number of rotatable bonds is 5. The fourth-order valence-corrected chi connectivity index (χ4v) is 2.71. The van der Waals surface area contributed by atoms with E-state index in [1.807, 2.05) is 13.8 Å². The number of nitrogens with zero attached hydrogens (tertiary/aromatic N) is 1. The Bertz CT molecular complexity index is 471. The molecule has 1 aromatic carbocycles. The van der Waals surface area contributed by atoms with Crippen LogP contribution in [0.5, 0.6) is 0 Å². The number of hydrogen-bond acceptors (Lipinski definition) is 3. The van der Waals surface area contributed by atoms with Crippen molar-refractivity contribution >= 4 is 5.91 Å². The van der Waals surface area contributed by atoms with Crippen LogP contribution in [0.15, 0.2) is 24.3 Å². The van der Waals surface area contributed by atoms with Crippen molar-refractivity contribution in [1.29, 1.82) is 0 Å². The van der Waals surface area contributed by atoms with Gasteiger partial charge < -0.3 is 10.1 Å². The number of halogens is 1. The Labute approximate surface area is 125 Å². The molecule has 0 unspecified atom stereocenters. The molecule has 1 aromatic rings. The maximum absolute atomic E-state index is 13.4. The average Bonchev–Trinajstić information content (AvgIpc) is 2.39. The van der Waals surface area contributed by atoms with Crippen LogP contribution >= 0.6 is 0 Å². The molecule has 1 N–H and O–H groups in total. The molecule has 0 saturated carbocycles. The highest BCUT2D eigenvalue weighted by molar-refractivity contribution is 5.78. The molecular weight excluding hydrogens is 271 g/mol. The maximum Gasteiger partial charge on any atom is 0.234 e. The average molecular weight is 294 g/mol. The number of carbonyl (C=O) groups is 1. The van der Waals surface area contributed by atoms with Crippen LogP contribution < -0.4 is 5.32 Å². The van der Waals surface area contributed by atoms with E-state index in [-0.39, 0.29) is 23.9 Å². The van der Waals surface area contributed by atoms with E-state index in [0.29, 0.717) is 25.1 Å². The number of nitrogens with one attached hydrogen (secondary N) is 1. The van der Waals surface area contributed by atoms with Crippen molar-refractivity contribution in [3.05, 3.63) is 35.6 Å². The van der Waals surface area contributed by atoms with Crippen LogP contribution in [0.4, 0.5) is 4.39 Å². The lowest BCUT2D eigenvalue weighted by Crippen LogP contribution is -2.49. The highest BCUT2D eigenvalue weighted by Gasteiger charge is 2.23. The van der Waals surface area contributed by atoms with E-state index in [1.54, 1.807) is 18.2 Å². The number of morpholine rings is 1. The van der Waals surface area contributed by atoms with Crippen LogP contribution in [0.25, 0.3) is 0 Å². The minimum atomic E-state index is -0.220. The van der Waals surface area contributed by atoms with E-state index in [4.69, 9.17) is 4.74 Å². The quantitative estimate of drug-likeness (QED) is 0.897. The predicted molar refractivity (Wildman–Crippen MR) is 79.6 cm³/mol. The SMILES string of the molecule is C[C@H]1CN(CC(=O)NCCc2ccccc2F)C[C@H](C)O1. The summed E-state index contributed by atoms with van der Waals surface area (Å²) < 4.78 is 19.1. The van der Waals surface area contributed by atoms with Gasteiger partial charge in [0.15, 0.2) is 0 Å². The Morgan fingerprint density at radius 2 is 2.00 bits per heavy atom. The summed E-state index contributed by atoms with van der Waals surface area (Å²) in [6.45, 7) is 6.39. The summed E-state index contributed by atoms with van der Waals surface area (Å²) in [6.07, 6.45) is 0.814. The molecule has 1 aliphatic rings. The fourth-order valence-electron chi connectivity index (χ4n) is 2.71. The van der Waals surface area contributed by atoms with Gasteiger partial charge in [0, 0.05) is 19.6 Å². The van der Waals surface area contributed by atoms with Gasteiger partial charge in [0.25, 0.3) is 0 Å².